The Morgan fingerprint density at radius 2 is 1.74 bits per heavy atom. The molecule has 124 valence electrons. The van der Waals surface area contributed by atoms with Gasteiger partial charge in [-0.3, -0.25) is 9.59 Å². The summed E-state index contributed by atoms with van der Waals surface area (Å²) in [6.07, 6.45) is 2.47. The highest BCUT2D eigenvalue weighted by molar-refractivity contribution is 5.79. The van der Waals surface area contributed by atoms with E-state index in [2.05, 4.69) is 10.2 Å². The van der Waals surface area contributed by atoms with Crippen molar-refractivity contribution in [1.82, 2.24) is 4.90 Å². The number of carbonyl (C=O) groups excluding carboxylic acids is 2. The average Bonchev–Trinajstić information content (AvgIpc) is 2.63. The molecule has 1 aromatic carbocycles. The SMILES string of the molecule is O=CNc1ccc(N2CCC(C(=O)N3CCOCC3)CC2)cc1. The fourth-order valence-corrected chi connectivity index (χ4v) is 3.26. The van der Waals surface area contributed by atoms with Gasteiger partial charge >= 0.3 is 0 Å². The molecule has 0 unspecified atom stereocenters. The summed E-state index contributed by atoms with van der Waals surface area (Å²) < 4.78 is 5.31. The standard InChI is InChI=1S/C17H23N3O3/c21-13-18-15-1-3-16(4-2-15)19-7-5-14(6-8-19)17(22)20-9-11-23-12-10-20/h1-4,13-14H,5-12H2,(H,18,21). The molecule has 1 N–H and O–H groups in total. The minimum atomic E-state index is 0.139. The van der Waals surface area contributed by atoms with Gasteiger partial charge < -0.3 is 19.9 Å². The molecule has 3 rings (SSSR count). The monoisotopic (exact) mass is 317 g/mol. The zero-order valence-electron chi connectivity index (χ0n) is 13.2. The van der Waals surface area contributed by atoms with Crippen LogP contribution < -0.4 is 10.2 Å². The minimum Gasteiger partial charge on any atom is -0.378 e. The minimum absolute atomic E-state index is 0.139. The van der Waals surface area contributed by atoms with Crippen molar-refractivity contribution < 1.29 is 14.3 Å². The molecule has 2 saturated heterocycles. The second kappa shape index (κ2) is 7.46. The number of amides is 2. The summed E-state index contributed by atoms with van der Waals surface area (Å²) >= 11 is 0. The molecule has 0 bridgehead atoms. The van der Waals surface area contributed by atoms with Gasteiger partial charge in [0.05, 0.1) is 13.2 Å². The lowest BCUT2D eigenvalue weighted by Gasteiger charge is -2.36. The number of carbonyl (C=O) groups is 2. The fraction of sp³-hybridized carbons (Fsp3) is 0.529. The maximum Gasteiger partial charge on any atom is 0.225 e. The van der Waals surface area contributed by atoms with E-state index in [1.165, 1.54) is 0 Å². The molecule has 0 radical (unpaired) electrons. The molecule has 0 atom stereocenters. The zero-order valence-corrected chi connectivity index (χ0v) is 13.2. The summed E-state index contributed by atoms with van der Waals surface area (Å²) in [7, 11) is 0. The van der Waals surface area contributed by atoms with Crippen molar-refractivity contribution in [3.05, 3.63) is 24.3 Å². The number of piperidine rings is 1. The van der Waals surface area contributed by atoms with Crippen molar-refractivity contribution in [2.24, 2.45) is 5.92 Å². The highest BCUT2D eigenvalue weighted by Crippen LogP contribution is 2.26. The van der Waals surface area contributed by atoms with Crippen LogP contribution in [0.25, 0.3) is 0 Å². The normalized spacial score (nSPS) is 19.5. The Morgan fingerprint density at radius 3 is 2.35 bits per heavy atom. The van der Waals surface area contributed by atoms with E-state index in [-0.39, 0.29) is 5.92 Å². The predicted octanol–water partition coefficient (Wildman–Crippen LogP) is 1.33. The van der Waals surface area contributed by atoms with E-state index < -0.39 is 0 Å². The molecule has 2 amide bonds. The Labute approximate surface area is 136 Å². The van der Waals surface area contributed by atoms with Gasteiger partial charge in [0.15, 0.2) is 0 Å². The van der Waals surface area contributed by atoms with Crippen LogP contribution in [0.5, 0.6) is 0 Å². The highest BCUT2D eigenvalue weighted by atomic mass is 16.5. The van der Waals surface area contributed by atoms with E-state index >= 15 is 0 Å². The van der Waals surface area contributed by atoms with Crippen LogP contribution in [0.1, 0.15) is 12.8 Å². The van der Waals surface area contributed by atoms with Gasteiger partial charge in [0.2, 0.25) is 12.3 Å². The molecule has 2 heterocycles. The van der Waals surface area contributed by atoms with Gasteiger partial charge in [-0.15, -0.1) is 0 Å². The van der Waals surface area contributed by atoms with Crippen LogP contribution >= 0.6 is 0 Å². The van der Waals surface area contributed by atoms with Crippen molar-refractivity contribution in [3.63, 3.8) is 0 Å². The Bertz CT molecular complexity index is 533. The molecular formula is C17H23N3O3. The Kier molecular flexibility index (Phi) is 5.12. The first-order valence-corrected chi connectivity index (χ1v) is 8.19. The van der Waals surface area contributed by atoms with Crippen LogP contribution in [0.2, 0.25) is 0 Å². The third-order valence-corrected chi connectivity index (χ3v) is 4.63. The second-order valence-corrected chi connectivity index (χ2v) is 6.01. The van der Waals surface area contributed by atoms with Gasteiger partial charge in [-0.2, -0.15) is 0 Å². The smallest absolute Gasteiger partial charge is 0.225 e. The molecule has 0 aromatic heterocycles. The summed E-state index contributed by atoms with van der Waals surface area (Å²) in [5.41, 5.74) is 1.93. The van der Waals surface area contributed by atoms with Crippen LogP contribution in [0, 0.1) is 5.92 Å². The number of hydrogen-bond acceptors (Lipinski definition) is 4. The molecule has 2 aliphatic heterocycles. The van der Waals surface area contributed by atoms with Crippen molar-refractivity contribution in [2.75, 3.05) is 49.6 Å². The molecule has 2 aliphatic rings. The Morgan fingerprint density at radius 1 is 1.09 bits per heavy atom. The number of benzene rings is 1. The van der Waals surface area contributed by atoms with Crippen LogP contribution in [0.3, 0.4) is 0 Å². The van der Waals surface area contributed by atoms with E-state index in [4.69, 9.17) is 4.74 Å². The van der Waals surface area contributed by atoms with E-state index in [0.717, 1.165) is 50.4 Å². The zero-order chi connectivity index (χ0) is 16.1. The van der Waals surface area contributed by atoms with Gasteiger partial charge in [0.1, 0.15) is 0 Å². The van der Waals surface area contributed by atoms with Gasteiger partial charge in [-0.05, 0) is 37.1 Å². The quantitative estimate of drug-likeness (QED) is 0.851. The highest BCUT2D eigenvalue weighted by Gasteiger charge is 2.29. The van der Waals surface area contributed by atoms with E-state index in [0.29, 0.717) is 25.5 Å². The summed E-state index contributed by atoms with van der Waals surface area (Å²) in [4.78, 5) is 27.2. The third kappa shape index (κ3) is 3.82. The molecule has 1 aromatic rings. The predicted molar refractivity (Wildman–Crippen MR) is 88.5 cm³/mol. The molecule has 0 aliphatic carbocycles. The van der Waals surface area contributed by atoms with Gasteiger partial charge in [-0.25, -0.2) is 0 Å². The van der Waals surface area contributed by atoms with Crippen LogP contribution in [-0.4, -0.2) is 56.6 Å². The number of hydrogen-bond donors (Lipinski definition) is 1. The van der Waals surface area contributed by atoms with E-state index in [1.807, 2.05) is 29.2 Å². The third-order valence-electron chi connectivity index (χ3n) is 4.63. The molecule has 6 heteroatoms. The Hall–Kier alpha value is -2.08. The van der Waals surface area contributed by atoms with Gasteiger partial charge in [0.25, 0.3) is 0 Å². The molecule has 6 nitrogen and oxygen atoms in total. The molecule has 23 heavy (non-hydrogen) atoms. The lowest BCUT2D eigenvalue weighted by molar-refractivity contribution is -0.140. The topological polar surface area (TPSA) is 61.9 Å². The molecular weight excluding hydrogens is 294 g/mol. The van der Waals surface area contributed by atoms with Crippen LogP contribution in [0.4, 0.5) is 11.4 Å². The van der Waals surface area contributed by atoms with Gasteiger partial charge in [-0.1, -0.05) is 0 Å². The number of rotatable bonds is 4. The van der Waals surface area contributed by atoms with Crippen molar-refractivity contribution in [1.29, 1.82) is 0 Å². The first kappa shape index (κ1) is 15.8. The molecule has 0 saturated carbocycles. The first-order valence-electron chi connectivity index (χ1n) is 8.19. The average molecular weight is 317 g/mol. The first-order chi connectivity index (χ1) is 11.3. The van der Waals surface area contributed by atoms with E-state index in [1.54, 1.807) is 0 Å². The second-order valence-electron chi connectivity index (χ2n) is 6.01. The Balaban J connectivity index is 1.53. The molecule has 0 spiro atoms. The maximum absolute atomic E-state index is 12.5. The lowest BCUT2D eigenvalue weighted by Crippen LogP contribution is -2.46. The van der Waals surface area contributed by atoms with Crippen molar-refractivity contribution >= 4 is 23.7 Å². The van der Waals surface area contributed by atoms with Crippen molar-refractivity contribution in [2.45, 2.75) is 12.8 Å². The van der Waals surface area contributed by atoms with Crippen LogP contribution in [-0.2, 0) is 14.3 Å². The number of nitrogens with one attached hydrogen (secondary N) is 1. The maximum atomic E-state index is 12.5. The summed E-state index contributed by atoms with van der Waals surface area (Å²) in [6.45, 7) is 4.55. The lowest BCUT2D eigenvalue weighted by atomic mass is 9.94. The van der Waals surface area contributed by atoms with Crippen LogP contribution in [0.15, 0.2) is 24.3 Å². The number of ether oxygens (including phenoxy) is 1. The number of nitrogens with zero attached hydrogens (tertiary/aromatic N) is 2. The van der Waals surface area contributed by atoms with Gasteiger partial charge in [0, 0.05) is 43.5 Å². The fourth-order valence-electron chi connectivity index (χ4n) is 3.26. The summed E-state index contributed by atoms with van der Waals surface area (Å²) in [6, 6.07) is 7.81. The largest absolute Gasteiger partial charge is 0.378 e. The van der Waals surface area contributed by atoms with Crippen molar-refractivity contribution in [3.8, 4) is 0 Å². The molecule has 2 fully saturated rings. The summed E-state index contributed by atoms with van der Waals surface area (Å²) in [5.74, 6) is 0.429. The van der Waals surface area contributed by atoms with E-state index in [9.17, 15) is 9.59 Å². The number of morpholine rings is 1. The number of anilines is 2. The summed E-state index contributed by atoms with van der Waals surface area (Å²) in [5, 5.41) is 2.64.